The molecule has 0 fully saturated rings. The molecule has 0 aliphatic heterocycles. The number of carbonyl (C=O) groups excluding carboxylic acids is 2. The SMILES string of the molecule is CC=CCCCC(=O)Nc1cccn(CC(=O)NCCC(CC)CC)c1=O. The van der Waals surface area contributed by atoms with E-state index in [1.54, 1.807) is 18.3 Å². The first-order chi connectivity index (χ1) is 13.0. The van der Waals surface area contributed by atoms with E-state index in [9.17, 15) is 14.4 Å². The summed E-state index contributed by atoms with van der Waals surface area (Å²) in [6.07, 6.45) is 10.6. The molecule has 0 bridgehead atoms. The molecule has 0 spiro atoms. The number of allylic oxidation sites excluding steroid dienone is 2. The number of unbranched alkanes of at least 4 members (excludes halogenated alkanes) is 1. The predicted octanol–water partition coefficient (Wildman–Crippen LogP) is 3.48. The molecule has 0 unspecified atom stereocenters. The van der Waals surface area contributed by atoms with Crippen LogP contribution in [0, 0.1) is 5.92 Å². The van der Waals surface area contributed by atoms with E-state index in [4.69, 9.17) is 0 Å². The lowest BCUT2D eigenvalue weighted by Crippen LogP contribution is -2.34. The highest BCUT2D eigenvalue weighted by Gasteiger charge is 2.10. The molecule has 150 valence electrons. The van der Waals surface area contributed by atoms with Gasteiger partial charge in [-0.15, -0.1) is 0 Å². The van der Waals surface area contributed by atoms with Gasteiger partial charge < -0.3 is 15.2 Å². The summed E-state index contributed by atoms with van der Waals surface area (Å²) < 4.78 is 1.32. The summed E-state index contributed by atoms with van der Waals surface area (Å²) >= 11 is 0. The highest BCUT2D eigenvalue weighted by molar-refractivity contribution is 5.90. The number of nitrogens with one attached hydrogen (secondary N) is 2. The number of hydrogen-bond donors (Lipinski definition) is 2. The topological polar surface area (TPSA) is 80.2 Å². The Morgan fingerprint density at radius 3 is 2.63 bits per heavy atom. The molecule has 6 nitrogen and oxygen atoms in total. The zero-order chi connectivity index (χ0) is 20.1. The predicted molar refractivity (Wildman–Crippen MR) is 110 cm³/mol. The van der Waals surface area contributed by atoms with Crippen LogP contribution in [0.5, 0.6) is 0 Å². The molecular weight excluding hydrogens is 342 g/mol. The van der Waals surface area contributed by atoms with E-state index in [0.29, 0.717) is 18.9 Å². The van der Waals surface area contributed by atoms with Crippen LogP contribution < -0.4 is 16.2 Å². The lowest BCUT2D eigenvalue weighted by atomic mass is 10.00. The van der Waals surface area contributed by atoms with Gasteiger partial charge in [0.05, 0.1) is 0 Å². The van der Waals surface area contributed by atoms with Crippen molar-refractivity contribution in [2.45, 2.75) is 65.8 Å². The van der Waals surface area contributed by atoms with Gasteiger partial charge in [-0.3, -0.25) is 14.4 Å². The van der Waals surface area contributed by atoms with Crippen molar-refractivity contribution in [1.82, 2.24) is 9.88 Å². The van der Waals surface area contributed by atoms with Crippen molar-refractivity contribution in [3.8, 4) is 0 Å². The lowest BCUT2D eigenvalue weighted by Gasteiger charge is -2.13. The van der Waals surface area contributed by atoms with Gasteiger partial charge in [-0.2, -0.15) is 0 Å². The fraction of sp³-hybridized carbons (Fsp3) is 0.571. The van der Waals surface area contributed by atoms with Crippen LogP contribution in [0.15, 0.2) is 35.3 Å². The lowest BCUT2D eigenvalue weighted by molar-refractivity contribution is -0.121. The van der Waals surface area contributed by atoms with E-state index in [1.165, 1.54) is 4.57 Å². The summed E-state index contributed by atoms with van der Waals surface area (Å²) in [5.41, 5.74) is -0.159. The third-order valence-corrected chi connectivity index (χ3v) is 4.65. The molecule has 2 N–H and O–H groups in total. The zero-order valence-corrected chi connectivity index (χ0v) is 16.8. The molecular formula is C21H33N3O3. The molecule has 0 aliphatic rings. The van der Waals surface area contributed by atoms with Crippen molar-refractivity contribution in [3.05, 3.63) is 40.8 Å². The average molecular weight is 376 g/mol. The van der Waals surface area contributed by atoms with Crippen LogP contribution in [0.4, 0.5) is 5.69 Å². The van der Waals surface area contributed by atoms with E-state index >= 15 is 0 Å². The summed E-state index contributed by atoms with van der Waals surface area (Å²) in [7, 11) is 0. The fourth-order valence-corrected chi connectivity index (χ4v) is 2.84. The van der Waals surface area contributed by atoms with Crippen LogP contribution in [0.1, 0.15) is 59.3 Å². The second-order valence-electron chi connectivity index (χ2n) is 6.69. The van der Waals surface area contributed by atoms with Crippen molar-refractivity contribution < 1.29 is 9.59 Å². The summed E-state index contributed by atoms with van der Waals surface area (Å²) in [6, 6.07) is 3.22. The molecule has 6 heteroatoms. The number of pyridine rings is 1. The quantitative estimate of drug-likeness (QED) is 0.434. The Balaban J connectivity index is 2.55. The molecule has 0 atom stereocenters. The number of aromatic nitrogens is 1. The number of hydrogen-bond acceptors (Lipinski definition) is 3. The monoisotopic (exact) mass is 375 g/mol. The fourth-order valence-electron chi connectivity index (χ4n) is 2.84. The molecule has 0 radical (unpaired) electrons. The minimum absolute atomic E-state index is 0.0489. The standard InChI is InChI=1S/C21H33N3O3/c1-4-7-8-9-12-19(25)23-18-11-10-15-24(21(18)27)16-20(26)22-14-13-17(5-2)6-3/h4,7,10-11,15,17H,5-6,8-9,12-14,16H2,1-3H3,(H,22,26)(H,23,25). The number of amides is 2. The third-order valence-electron chi connectivity index (χ3n) is 4.65. The van der Waals surface area contributed by atoms with Crippen LogP contribution in [0.25, 0.3) is 0 Å². The molecule has 1 heterocycles. The molecule has 27 heavy (non-hydrogen) atoms. The van der Waals surface area contributed by atoms with E-state index in [1.807, 2.05) is 19.1 Å². The summed E-state index contributed by atoms with van der Waals surface area (Å²) in [5, 5.41) is 5.51. The second kappa shape index (κ2) is 12.9. The van der Waals surface area contributed by atoms with Crippen LogP contribution in [0.2, 0.25) is 0 Å². The van der Waals surface area contributed by atoms with E-state index in [2.05, 4.69) is 24.5 Å². The molecule has 1 rings (SSSR count). The normalized spacial score (nSPS) is 11.1. The van der Waals surface area contributed by atoms with Gasteiger partial charge in [-0.05, 0) is 44.2 Å². The first-order valence-electron chi connectivity index (χ1n) is 9.88. The maximum atomic E-state index is 12.4. The Bertz CT molecular complexity index is 675. The third kappa shape index (κ3) is 8.71. The highest BCUT2D eigenvalue weighted by Crippen LogP contribution is 2.10. The van der Waals surface area contributed by atoms with Crippen molar-refractivity contribution in [2.75, 3.05) is 11.9 Å². The average Bonchev–Trinajstić information content (AvgIpc) is 2.65. The smallest absolute Gasteiger partial charge is 0.274 e. The van der Waals surface area contributed by atoms with Gasteiger partial charge >= 0.3 is 0 Å². The van der Waals surface area contributed by atoms with Gasteiger partial charge in [0, 0.05) is 19.2 Å². The number of carbonyl (C=O) groups is 2. The summed E-state index contributed by atoms with van der Waals surface area (Å²) in [4.78, 5) is 36.5. The molecule has 1 aromatic heterocycles. The highest BCUT2D eigenvalue weighted by atomic mass is 16.2. The maximum Gasteiger partial charge on any atom is 0.274 e. The van der Waals surface area contributed by atoms with Crippen LogP contribution >= 0.6 is 0 Å². The molecule has 0 saturated heterocycles. The van der Waals surface area contributed by atoms with E-state index < -0.39 is 0 Å². The Labute approximate surface area is 162 Å². The molecule has 1 aromatic rings. The Hall–Kier alpha value is -2.37. The molecule has 0 saturated carbocycles. The van der Waals surface area contributed by atoms with E-state index in [0.717, 1.165) is 32.1 Å². The van der Waals surface area contributed by atoms with Crippen LogP contribution in [-0.4, -0.2) is 22.9 Å². The van der Waals surface area contributed by atoms with Gasteiger partial charge in [0.15, 0.2) is 0 Å². The van der Waals surface area contributed by atoms with Gasteiger partial charge in [-0.1, -0.05) is 38.8 Å². The summed E-state index contributed by atoms with van der Waals surface area (Å²) in [5.74, 6) is 0.223. The molecule has 0 aromatic carbocycles. The first-order valence-corrected chi connectivity index (χ1v) is 9.88. The Morgan fingerprint density at radius 2 is 1.96 bits per heavy atom. The van der Waals surface area contributed by atoms with E-state index in [-0.39, 0.29) is 29.6 Å². The van der Waals surface area contributed by atoms with Gasteiger partial charge in [-0.25, -0.2) is 0 Å². The Kier molecular flexibility index (Phi) is 10.8. The maximum absolute atomic E-state index is 12.4. The number of anilines is 1. The number of rotatable bonds is 12. The Morgan fingerprint density at radius 1 is 1.22 bits per heavy atom. The minimum atomic E-state index is -0.366. The minimum Gasteiger partial charge on any atom is -0.355 e. The van der Waals surface area contributed by atoms with Crippen molar-refractivity contribution in [3.63, 3.8) is 0 Å². The first kappa shape index (κ1) is 22.7. The van der Waals surface area contributed by atoms with Gasteiger partial charge in [0.1, 0.15) is 12.2 Å². The molecule has 0 aliphatic carbocycles. The molecule has 2 amide bonds. The van der Waals surface area contributed by atoms with Crippen LogP contribution in [-0.2, 0) is 16.1 Å². The zero-order valence-electron chi connectivity index (χ0n) is 16.8. The largest absolute Gasteiger partial charge is 0.355 e. The second-order valence-corrected chi connectivity index (χ2v) is 6.69. The van der Waals surface area contributed by atoms with Gasteiger partial charge in [0.25, 0.3) is 5.56 Å². The van der Waals surface area contributed by atoms with Gasteiger partial charge in [0.2, 0.25) is 11.8 Å². The number of nitrogens with zero attached hydrogens (tertiary/aromatic N) is 1. The van der Waals surface area contributed by atoms with Crippen LogP contribution in [0.3, 0.4) is 0 Å². The van der Waals surface area contributed by atoms with Crippen molar-refractivity contribution in [1.29, 1.82) is 0 Å². The summed E-state index contributed by atoms with van der Waals surface area (Å²) in [6.45, 7) is 6.80. The van der Waals surface area contributed by atoms with Crippen molar-refractivity contribution in [2.24, 2.45) is 5.92 Å². The van der Waals surface area contributed by atoms with Crippen molar-refractivity contribution >= 4 is 17.5 Å².